The molecule has 3 amide bonds. The number of tetrazole rings is 1. The molecule has 0 radical (unpaired) electrons. The summed E-state index contributed by atoms with van der Waals surface area (Å²) in [6.07, 6.45) is 4.60. The predicted octanol–water partition coefficient (Wildman–Crippen LogP) is 3.10. The van der Waals surface area contributed by atoms with Gasteiger partial charge in [0.1, 0.15) is 11.7 Å². The molecular formula is C36H44N10O3. The van der Waals surface area contributed by atoms with Gasteiger partial charge >= 0.3 is 0 Å². The predicted molar refractivity (Wildman–Crippen MR) is 186 cm³/mol. The topological polar surface area (TPSA) is 184 Å². The number of likely N-dealkylation sites (N-methyl/N-ethyl adjacent to an activating group) is 1. The van der Waals surface area contributed by atoms with Crippen molar-refractivity contribution in [2.45, 2.75) is 57.5 Å². The Morgan fingerprint density at radius 2 is 1.69 bits per heavy atom. The summed E-state index contributed by atoms with van der Waals surface area (Å²) in [6.45, 7) is 4.34. The highest BCUT2D eigenvalue weighted by Crippen LogP contribution is 2.29. The van der Waals surface area contributed by atoms with E-state index < -0.39 is 6.04 Å². The van der Waals surface area contributed by atoms with Crippen molar-refractivity contribution in [3.63, 3.8) is 0 Å². The molecule has 13 nitrogen and oxygen atoms in total. The Hall–Kier alpha value is -5.01. The molecule has 1 aliphatic heterocycles. The van der Waals surface area contributed by atoms with E-state index >= 15 is 0 Å². The molecule has 0 unspecified atom stereocenters. The third-order valence-electron chi connectivity index (χ3n) is 9.69. The molecule has 13 heteroatoms. The number of aromatic amines is 1. The van der Waals surface area contributed by atoms with E-state index in [1.54, 1.807) is 30.3 Å². The second kappa shape index (κ2) is 15.5. The lowest BCUT2D eigenvalue weighted by atomic mass is 9.81. The summed E-state index contributed by atoms with van der Waals surface area (Å²) in [5.41, 5.74) is 11.1. The van der Waals surface area contributed by atoms with Crippen LogP contribution in [0.3, 0.4) is 0 Å². The summed E-state index contributed by atoms with van der Waals surface area (Å²) < 4.78 is 0. The van der Waals surface area contributed by atoms with Crippen LogP contribution in [0.1, 0.15) is 53.8 Å². The first-order chi connectivity index (χ1) is 23.7. The summed E-state index contributed by atoms with van der Waals surface area (Å²) >= 11 is 0. The molecule has 6 rings (SSSR count). The lowest BCUT2D eigenvalue weighted by molar-refractivity contribution is -0.130. The van der Waals surface area contributed by atoms with Gasteiger partial charge in [-0.15, -0.1) is 10.2 Å². The Bertz CT molecular complexity index is 1740. The van der Waals surface area contributed by atoms with E-state index in [9.17, 15) is 14.4 Å². The van der Waals surface area contributed by atoms with Crippen LogP contribution in [0.5, 0.6) is 0 Å². The normalized spacial score (nSPS) is 20.0. The number of aryl methyl sites for hydroxylation is 1. The smallest absolute Gasteiger partial charge is 0.270 e. The molecule has 1 saturated carbocycles. The number of H-pyrrole nitrogens is 1. The number of nitrogens with two attached hydrogens (primary N) is 1. The molecule has 2 atom stereocenters. The van der Waals surface area contributed by atoms with Crippen LogP contribution in [0.4, 0.5) is 5.69 Å². The van der Waals surface area contributed by atoms with Gasteiger partial charge in [-0.3, -0.25) is 14.4 Å². The van der Waals surface area contributed by atoms with Crippen LogP contribution in [-0.2, 0) is 16.0 Å². The Morgan fingerprint density at radius 3 is 2.33 bits per heavy atom. The maximum absolute atomic E-state index is 13.7. The number of pyridine rings is 1. The number of aromatic nitrogens is 5. The van der Waals surface area contributed by atoms with E-state index in [2.05, 4.69) is 53.5 Å². The van der Waals surface area contributed by atoms with E-state index in [0.29, 0.717) is 36.1 Å². The van der Waals surface area contributed by atoms with Crippen molar-refractivity contribution >= 4 is 23.4 Å². The fourth-order valence-electron chi connectivity index (χ4n) is 6.74. The van der Waals surface area contributed by atoms with Gasteiger partial charge in [-0.1, -0.05) is 30.3 Å². The number of anilines is 1. The highest BCUT2D eigenvalue weighted by molar-refractivity contribution is 5.98. The monoisotopic (exact) mass is 664 g/mol. The quantitative estimate of drug-likeness (QED) is 0.161. The second-order valence-corrected chi connectivity index (χ2v) is 13.3. The van der Waals surface area contributed by atoms with E-state index in [1.165, 1.54) is 0 Å². The molecule has 2 aromatic carbocycles. The molecule has 49 heavy (non-hydrogen) atoms. The first kappa shape index (κ1) is 33.9. The van der Waals surface area contributed by atoms with Gasteiger partial charge in [0.2, 0.25) is 17.6 Å². The van der Waals surface area contributed by atoms with Crippen molar-refractivity contribution in [3.05, 3.63) is 77.6 Å². The van der Waals surface area contributed by atoms with Gasteiger partial charge in [0.25, 0.3) is 5.91 Å². The lowest BCUT2D eigenvalue weighted by Gasteiger charge is -2.28. The van der Waals surface area contributed by atoms with E-state index in [4.69, 9.17) is 5.73 Å². The fraction of sp³-hybridized carbons (Fsp3) is 0.417. The maximum atomic E-state index is 13.7. The van der Waals surface area contributed by atoms with Crippen LogP contribution < -0.4 is 21.7 Å². The molecule has 0 spiro atoms. The standard InChI is InChI=1S/C36H44N10O3/c1-22-30(15-16-31(38-22)35(48)40-29-17-18-46(2)21-29)25-7-3-23(4-8-25)19-32(41-34(47)27-9-5-24(20-37)6-10-27)36(49)39-28-13-11-26(12-14-28)33-42-44-45-43-33/h3-4,7-8,11-16,24,27,29,32H,5-6,9-10,17-21,37H2,1-2H3,(H,39,49)(H,40,48)(H,41,47)(H,42,43,44,45)/t24?,27?,29-,32+/m1/s1. The van der Waals surface area contributed by atoms with Crippen LogP contribution in [0.2, 0.25) is 0 Å². The molecule has 2 aliphatic rings. The zero-order chi connectivity index (χ0) is 34.3. The summed E-state index contributed by atoms with van der Waals surface area (Å²) in [6, 6.07) is 18.1. The first-order valence-corrected chi connectivity index (χ1v) is 17.0. The highest BCUT2D eigenvalue weighted by atomic mass is 16.2. The Labute approximate surface area is 285 Å². The van der Waals surface area contributed by atoms with Crippen molar-refractivity contribution in [2.24, 2.45) is 17.6 Å². The van der Waals surface area contributed by atoms with Crippen molar-refractivity contribution in [2.75, 3.05) is 32.0 Å². The number of amides is 3. The van der Waals surface area contributed by atoms with E-state index in [-0.39, 0.29) is 29.7 Å². The number of benzene rings is 2. The third kappa shape index (κ3) is 8.54. The molecule has 1 aliphatic carbocycles. The number of hydrogen-bond acceptors (Lipinski definition) is 9. The molecule has 256 valence electrons. The molecule has 6 N–H and O–H groups in total. The second-order valence-electron chi connectivity index (χ2n) is 13.3. The minimum Gasteiger partial charge on any atom is -0.347 e. The molecule has 0 bridgehead atoms. The van der Waals surface area contributed by atoms with Gasteiger partial charge in [0.05, 0.1) is 0 Å². The number of nitrogens with one attached hydrogen (secondary N) is 4. The Kier molecular flexibility index (Phi) is 10.7. The molecule has 2 aromatic heterocycles. The number of carbonyl (C=O) groups is 3. The lowest BCUT2D eigenvalue weighted by Crippen LogP contribution is -2.48. The first-order valence-electron chi connectivity index (χ1n) is 17.0. The third-order valence-corrected chi connectivity index (χ3v) is 9.69. The van der Waals surface area contributed by atoms with Gasteiger partial charge in [-0.25, -0.2) is 4.98 Å². The average Bonchev–Trinajstić information content (AvgIpc) is 3.81. The molecule has 4 aromatic rings. The summed E-state index contributed by atoms with van der Waals surface area (Å²) in [7, 11) is 2.05. The summed E-state index contributed by atoms with van der Waals surface area (Å²) in [5.74, 6) is 0.185. The maximum Gasteiger partial charge on any atom is 0.270 e. The number of nitrogens with zero attached hydrogens (tertiary/aromatic N) is 5. The van der Waals surface area contributed by atoms with E-state index in [0.717, 1.165) is 73.1 Å². The highest BCUT2D eigenvalue weighted by Gasteiger charge is 2.29. The SMILES string of the molecule is Cc1nc(C(=O)N[C@@H]2CCN(C)C2)ccc1-c1ccc(C[C@H](NC(=O)C2CCC(CN)CC2)C(=O)Nc2ccc(-c3nn[nH]n3)cc2)cc1. The number of carbonyl (C=O) groups excluding carboxylic acids is 3. The van der Waals surface area contributed by atoms with Crippen LogP contribution in [0, 0.1) is 18.8 Å². The fourth-order valence-corrected chi connectivity index (χ4v) is 6.74. The van der Waals surface area contributed by atoms with Crippen LogP contribution >= 0.6 is 0 Å². The van der Waals surface area contributed by atoms with E-state index in [1.807, 2.05) is 37.3 Å². The van der Waals surface area contributed by atoms with Gasteiger partial charge in [-0.05, 0) is 112 Å². The zero-order valence-electron chi connectivity index (χ0n) is 28.0. The summed E-state index contributed by atoms with van der Waals surface area (Å²) in [4.78, 5) is 46.7. The van der Waals surface area contributed by atoms with Gasteiger partial charge in [-0.2, -0.15) is 5.21 Å². The van der Waals surface area contributed by atoms with Crippen molar-refractivity contribution < 1.29 is 14.4 Å². The number of hydrogen-bond donors (Lipinski definition) is 5. The van der Waals surface area contributed by atoms with Crippen LogP contribution in [0.25, 0.3) is 22.5 Å². The van der Waals surface area contributed by atoms with Crippen molar-refractivity contribution in [3.8, 4) is 22.5 Å². The zero-order valence-corrected chi connectivity index (χ0v) is 28.0. The average molecular weight is 665 g/mol. The van der Waals surface area contributed by atoms with Crippen molar-refractivity contribution in [1.29, 1.82) is 0 Å². The number of likely N-dealkylation sites (tertiary alicyclic amines) is 1. The number of rotatable bonds is 11. The largest absolute Gasteiger partial charge is 0.347 e. The van der Waals surface area contributed by atoms with Crippen molar-refractivity contribution in [1.82, 2.24) is 41.1 Å². The Balaban J connectivity index is 1.14. The minimum atomic E-state index is -0.789. The van der Waals surface area contributed by atoms with Crippen LogP contribution in [-0.4, -0.2) is 87.0 Å². The van der Waals surface area contributed by atoms with Crippen LogP contribution in [0.15, 0.2) is 60.7 Å². The van der Waals surface area contributed by atoms with Gasteiger partial charge in [0, 0.05) is 47.4 Å². The Morgan fingerprint density at radius 1 is 0.959 bits per heavy atom. The molecule has 1 saturated heterocycles. The summed E-state index contributed by atoms with van der Waals surface area (Å²) in [5, 5.41) is 23.1. The van der Waals surface area contributed by atoms with Gasteiger partial charge in [0.15, 0.2) is 0 Å². The molecular weight excluding hydrogens is 620 g/mol. The van der Waals surface area contributed by atoms with Gasteiger partial charge < -0.3 is 26.6 Å². The minimum absolute atomic E-state index is 0.106. The molecule has 2 fully saturated rings. The molecule has 3 heterocycles.